The van der Waals surface area contributed by atoms with Gasteiger partial charge in [-0.25, -0.2) is 0 Å². The summed E-state index contributed by atoms with van der Waals surface area (Å²) in [5, 5.41) is 2.96. The van der Waals surface area contributed by atoms with Gasteiger partial charge in [-0.05, 0) is 5.56 Å². The lowest BCUT2D eigenvalue weighted by Crippen LogP contribution is -2.49. The van der Waals surface area contributed by atoms with E-state index < -0.39 is 10.1 Å². The third-order valence-electron chi connectivity index (χ3n) is 2.21. The zero-order valence-electron chi connectivity index (χ0n) is 8.22. The van der Waals surface area contributed by atoms with Crippen molar-refractivity contribution in [2.45, 2.75) is 11.9 Å². The fraction of sp³-hybridized carbons (Fsp3) is 0.400. The maximum absolute atomic E-state index is 11.6. The molecule has 2 rings (SSSR count). The molecule has 0 amide bonds. The van der Waals surface area contributed by atoms with Crippen LogP contribution in [0.4, 0.5) is 0 Å². The Kier molecular flexibility index (Phi) is 3.04. The third-order valence-corrected chi connectivity index (χ3v) is 3.47. The molecule has 1 aromatic rings. The summed E-state index contributed by atoms with van der Waals surface area (Å²) in [4.78, 5) is 0. The Morgan fingerprint density at radius 2 is 1.93 bits per heavy atom. The second-order valence-corrected chi connectivity index (χ2v) is 5.16. The molecule has 0 unspecified atom stereocenters. The molecule has 1 aromatic carbocycles. The molecular weight excluding hydrogens is 214 g/mol. The van der Waals surface area contributed by atoms with E-state index in [0.717, 1.165) is 5.56 Å². The number of benzene rings is 1. The molecule has 4 nitrogen and oxygen atoms in total. The van der Waals surface area contributed by atoms with Gasteiger partial charge in [0, 0.05) is 13.1 Å². The number of nitrogens with one attached hydrogen (secondary N) is 1. The van der Waals surface area contributed by atoms with Crippen molar-refractivity contribution in [1.29, 1.82) is 0 Å². The Morgan fingerprint density at radius 3 is 2.47 bits per heavy atom. The highest BCUT2D eigenvalue weighted by Gasteiger charge is 2.24. The highest BCUT2D eigenvalue weighted by molar-refractivity contribution is 7.85. The van der Waals surface area contributed by atoms with E-state index in [-0.39, 0.29) is 11.9 Å². The predicted octanol–water partition coefficient (Wildman–Crippen LogP) is 0.505. The van der Waals surface area contributed by atoms with Crippen LogP contribution >= 0.6 is 0 Å². The molecule has 0 saturated carbocycles. The molecule has 0 bridgehead atoms. The van der Waals surface area contributed by atoms with Crippen molar-refractivity contribution in [3.05, 3.63) is 35.9 Å². The lowest BCUT2D eigenvalue weighted by atomic mass is 10.2. The topological polar surface area (TPSA) is 55.4 Å². The minimum Gasteiger partial charge on any atom is -0.311 e. The fourth-order valence-electron chi connectivity index (χ4n) is 1.35. The molecule has 1 aliphatic rings. The van der Waals surface area contributed by atoms with E-state index in [1.54, 1.807) is 12.1 Å². The Hall–Kier alpha value is -0.910. The molecule has 1 saturated heterocycles. The summed E-state index contributed by atoms with van der Waals surface area (Å²) in [6.07, 6.45) is -0.182. The minimum absolute atomic E-state index is 0.0512. The van der Waals surface area contributed by atoms with Gasteiger partial charge in [0.25, 0.3) is 10.1 Å². The molecule has 1 aliphatic heterocycles. The minimum atomic E-state index is -3.43. The smallest absolute Gasteiger partial charge is 0.271 e. The lowest BCUT2D eigenvalue weighted by molar-refractivity contribution is 0.149. The Labute approximate surface area is 89.4 Å². The fourth-order valence-corrected chi connectivity index (χ4v) is 2.57. The van der Waals surface area contributed by atoms with Crippen LogP contribution in [0.5, 0.6) is 0 Å². The first-order valence-corrected chi connectivity index (χ1v) is 6.39. The largest absolute Gasteiger partial charge is 0.311 e. The molecule has 1 fully saturated rings. The second kappa shape index (κ2) is 4.30. The Balaban J connectivity index is 1.98. The molecular formula is C10H13NO3S. The Bertz CT molecular complexity index is 412. The zero-order chi connectivity index (χ0) is 10.7. The molecule has 0 atom stereocenters. The second-order valence-electron chi connectivity index (χ2n) is 3.56. The van der Waals surface area contributed by atoms with Gasteiger partial charge in [0.05, 0.1) is 0 Å². The van der Waals surface area contributed by atoms with Gasteiger partial charge in [-0.2, -0.15) is 8.42 Å². The maximum atomic E-state index is 11.6. The highest BCUT2D eigenvalue weighted by Crippen LogP contribution is 2.11. The third kappa shape index (κ3) is 3.02. The SMILES string of the molecule is O=S(=O)(Cc1ccccc1)OC1CNC1. The van der Waals surface area contributed by atoms with Crippen molar-refractivity contribution in [1.82, 2.24) is 5.32 Å². The molecule has 0 aromatic heterocycles. The predicted molar refractivity (Wildman–Crippen MR) is 56.8 cm³/mol. The summed E-state index contributed by atoms with van der Waals surface area (Å²) in [6.45, 7) is 1.24. The molecule has 0 radical (unpaired) electrons. The first-order valence-electron chi connectivity index (χ1n) is 4.81. The summed E-state index contributed by atoms with van der Waals surface area (Å²) >= 11 is 0. The average molecular weight is 227 g/mol. The van der Waals surface area contributed by atoms with Crippen molar-refractivity contribution in [2.75, 3.05) is 13.1 Å². The van der Waals surface area contributed by atoms with E-state index in [0.29, 0.717) is 13.1 Å². The standard InChI is InChI=1S/C10H13NO3S/c12-15(13,14-10-6-11-7-10)8-9-4-2-1-3-5-9/h1-5,10-11H,6-8H2. The van der Waals surface area contributed by atoms with E-state index in [2.05, 4.69) is 5.32 Å². The van der Waals surface area contributed by atoms with E-state index in [1.165, 1.54) is 0 Å². The number of rotatable bonds is 4. The zero-order valence-corrected chi connectivity index (χ0v) is 9.03. The number of hydrogen-bond donors (Lipinski definition) is 1. The first kappa shape index (κ1) is 10.6. The van der Waals surface area contributed by atoms with E-state index >= 15 is 0 Å². The van der Waals surface area contributed by atoms with Crippen LogP contribution in [-0.4, -0.2) is 27.6 Å². The van der Waals surface area contributed by atoms with Crippen LogP contribution in [0, 0.1) is 0 Å². The number of hydrogen-bond acceptors (Lipinski definition) is 4. The van der Waals surface area contributed by atoms with E-state index in [9.17, 15) is 8.42 Å². The van der Waals surface area contributed by atoms with E-state index in [4.69, 9.17) is 4.18 Å². The van der Waals surface area contributed by atoms with Gasteiger partial charge in [-0.3, -0.25) is 4.18 Å². The maximum Gasteiger partial charge on any atom is 0.271 e. The van der Waals surface area contributed by atoms with Crippen LogP contribution in [0.2, 0.25) is 0 Å². The highest BCUT2D eigenvalue weighted by atomic mass is 32.2. The van der Waals surface area contributed by atoms with E-state index in [1.807, 2.05) is 18.2 Å². The van der Waals surface area contributed by atoms with Gasteiger partial charge >= 0.3 is 0 Å². The van der Waals surface area contributed by atoms with Gasteiger partial charge in [-0.15, -0.1) is 0 Å². The van der Waals surface area contributed by atoms with Gasteiger partial charge in [0.1, 0.15) is 11.9 Å². The van der Waals surface area contributed by atoms with Crippen molar-refractivity contribution in [3.8, 4) is 0 Å². The summed E-state index contributed by atoms with van der Waals surface area (Å²) in [5.41, 5.74) is 0.754. The van der Waals surface area contributed by atoms with Gasteiger partial charge in [0.2, 0.25) is 0 Å². The molecule has 0 spiro atoms. The van der Waals surface area contributed by atoms with Crippen LogP contribution in [0.3, 0.4) is 0 Å². The summed E-state index contributed by atoms with van der Waals surface area (Å²) in [7, 11) is -3.43. The first-order chi connectivity index (χ1) is 7.16. The molecule has 1 heterocycles. The summed E-state index contributed by atoms with van der Waals surface area (Å²) in [6, 6.07) is 9.04. The molecule has 15 heavy (non-hydrogen) atoms. The van der Waals surface area contributed by atoms with Crippen LogP contribution in [0.15, 0.2) is 30.3 Å². The average Bonchev–Trinajstić information content (AvgIpc) is 2.13. The van der Waals surface area contributed by atoms with Crippen molar-refractivity contribution in [3.63, 3.8) is 0 Å². The summed E-state index contributed by atoms with van der Waals surface area (Å²) in [5.74, 6) is -0.0512. The Morgan fingerprint density at radius 1 is 1.27 bits per heavy atom. The van der Waals surface area contributed by atoms with Gasteiger partial charge in [-0.1, -0.05) is 30.3 Å². The molecule has 5 heteroatoms. The van der Waals surface area contributed by atoms with Gasteiger partial charge < -0.3 is 5.32 Å². The monoisotopic (exact) mass is 227 g/mol. The molecule has 1 N–H and O–H groups in total. The normalized spacial score (nSPS) is 17.3. The van der Waals surface area contributed by atoms with Crippen molar-refractivity contribution >= 4 is 10.1 Å². The van der Waals surface area contributed by atoms with Crippen LogP contribution in [-0.2, 0) is 20.1 Å². The molecule has 0 aliphatic carbocycles. The molecule has 82 valence electrons. The van der Waals surface area contributed by atoms with Crippen LogP contribution < -0.4 is 5.32 Å². The van der Waals surface area contributed by atoms with Crippen LogP contribution in [0.25, 0.3) is 0 Å². The van der Waals surface area contributed by atoms with Crippen molar-refractivity contribution in [2.24, 2.45) is 0 Å². The van der Waals surface area contributed by atoms with Crippen LogP contribution in [0.1, 0.15) is 5.56 Å². The lowest BCUT2D eigenvalue weighted by Gasteiger charge is -2.26. The quantitative estimate of drug-likeness (QED) is 0.761. The van der Waals surface area contributed by atoms with Crippen molar-refractivity contribution < 1.29 is 12.6 Å². The van der Waals surface area contributed by atoms with Gasteiger partial charge in [0.15, 0.2) is 0 Å². The summed E-state index contributed by atoms with van der Waals surface area (Å²) < 4.78 is 28.1.